The maximum atomic E-state index is 4.55. The van der Waals surface area contributed by atoms with E-state index in [1.807, 2.05) is 36.5 Å². The average Bonchev–Trinajstić information content (AvgIpc) is 2.54. The van der Waals surface area contributed by atoms with Crippen LogP contribution in [0.1, 0.15) is 19.4 Å². The molecule has 0 saturated carbocycles. The van der Waals surface area contributed by atoms with Gasteiger partial charge in [-0.25, -0.2) is 9.97 Å². The molecule has 0 fully saturated rings. The Labute approximate surface area is 125 Å². The van der Waals surface area contributed by atoms with E-state index in [0.717, 1.165) is 17.4 Å². The van der Waals surface area contributed by atoms with Crippen LogP contribution in [0.5, 0.6) is 0 Å². The molecule has 0 amide bonds. The van der Waals surface area contributed by atoms with Crippen LogP contribution in [0.3, 0.4) is 0 Å². The highest BCUT2D eigenvalue weighted by Gasteiger charge is 2.20. The molecule has 0 spiro atoms. The van der Waals surface area contributed by atoms with Gasteiger partial charge in [-0.2, -0.15) is 0 Å². The van der Waals surface area contributed by atoms with E-state index in [-0.39, 0.29) is 5.41 Å². The molecule has 0 aliphatic heterocycles. The van der Waals surface area contributed by atoms with Gasteiger partial charge in [0.15, 0.2) is 0 Å². The molecule has 1 aromatic heterocycles. The maximum absolute atomic E-state index is 4.55. The van der Waals surface area contributed by atoms with Crippen molar-refractivity contribution in [2.75, 3.05) is 11.9 Å². The van der Waals surface area contributed by atoms with Crippen molar-refractivity contribution in [1.82, 2.24) is 9.97 Å². The van der Waals surface area contributed by atoms with Crippen molar-refractivity contribution in [3.63, 3.8) is 0 Å². The van der Waals surface area contributed by atoms with Crippen LogP contribution in [0.4, 0.5) is 5.95 Å². The lowest BCUT2D eigenvalue weighted by atomic mass is 9.85. The molecule has 3 rings (SSSR count). The van der Waals surface area contributed by atoms with Gasteiger partial charge in [0.25, 0.3) is 0 Å². The Balaban J connectivity index is 1.77. The number of aromatic nitrogens is 2. The van der Waals surface area contributed by atoms with Crippen molar-refractivity contribution in [2.24, 2.45) is 0 Å². The SMILES string of the molecule is CC(C)(CNc1ncc2ccccc2n1)c1ccccc1. The predicted molar refractivity (Wildman–Crippen MR) is 87.5 cm³/mol. The minimum Gasteiger partial charge on any atom is -0.353 e. The average molecular weight is 277 g/mol. The normalized spacial score (nSPS) is 11.5. The lowest BCUT2D eigenvalue weighted by Crippen LogP contribution is -2.28. The molecule has 106 valence electrons. The second-order valence-corrected chi connectivity index (χ2v) is 5.86. The molecule has 0 radical (unpaired) electrons. The second kappa shape index (κ2) is 5.52. The first-order valence-electron chi connectivity index (χ1n) is 7.16. The fourth-order valence-corrected chi connectivity index (χ4v) is 2.35. The van der Waals surface area contributed by atoms with Crippen LogP contribution in [-0.4, -0.2) is 16.5 Å². The summed E-state index contributed by atoms with van der Waals surface area (Å²) in [6.07, 6.45) is 1.86. The minimum absolute atomic E-state index is 0.0241. The summed E-state index contributed by atoms with van der Waals surface area (Å²) in [6.45, 7) is 5.22. The van der Waals surface area contributed by atoms with Gasteiger partial charge in [0, 0.05) is 23.5 Å². The molecule has 0 unspecified atom stereocenters. The summed E-state index contributed by atoms with van der Waals surface area (Å²) in [5, 5.41) is 4.41. The Bertz CT molecular complexity index is 736. The van der Waals surface area contributed by atoms with E-state index in [1.54, 1.807) is 0 Å². The lowest BCUT2D eigenvalue weighted by Gasteiger charge is -2.25. The van der Waals surface area contributed by atoms with E-state index in [0.29, 0.717) is 5.95 Å². The van der Waals surface area contributed by atoms with Gasteiger partial charge in [-0.3, -0.25) is 0 Å². The summed E-state index contributed by atoms with van der Waals surface area (Å²) in [7, 11) is 0. The molecule has 3 nitrogen and oxygen atoms in total. The number of rotatable bonds is 4. The largest absolute Gasteiger partial charge is 0.353 e. The van der Waals surface area contributed by atoms with E-state index in [1.165, 1.54) is 5.56 Å². The number of para-hydroxylation sites is 1. The van der Waals surface area contributed by atoms with E-state index in [2.05, 4.69) is 53.4 Å². The molecule has 0 bridgehead atoms. The number of anilines is 1. The third-order valence-corrected chi connectivity index (χ3v) is 3.73. The van der Waals surface area contributed by atoms with Gasteiger partial charge in [-0.05, 0) is 11.6 Å². The van der Waals surface area contributed by atoms with Crippen molar-refractivity contribution >= 4 is 16.9 Å². The van der Waals surface area contributed by atoms with E-state index in [4.69, 9.17) is 0 Å². The molecule has 1 N–H and O–H groups in total. The standard InChI is InChI=1S/C18H19N3/c1-18(2,15-9-4-3-5-10-15)13-20-17-19-12-14-8-6-7-11-16(14)21-17/h3-12H,13H2,1-2H3,(H,19,20,21). The Morgan fingerprint density at radius 3 is 2.48 bits per heavy atom. The highest BCUT2D eigenvalue weighted by atomic mass is 15.1. The summed E-state index contributed by atoms with van der Waals surface area (Å²) in [4.78, 5) is 8.93. The molecule has 2 aromatic carbocycles. The summed E-state index contributed by atoms with van der Waals surface area (Å²) in [6, 6.07) is 18.5. The third-order valence-electron chi connectivity index (χ3n) is 3.73. The van der Waals surface area contributed by atoms with Gasteiger partial charge in [0.1, 0.15) is 0 Å². The Morgan fingerprint density at radius 2 is 1.67 bits per heavy atom. The van der Waals surface area contributed by atoms with E-state index in [9.17, 15) is 0 Å². The first-order valence-corrected chi connectivity index (χ1v) is 7.16. The van der Waals surface area contributed by atoms with Crippen molar-refractivity contribution in [3.05, 3.63) is 66.4 Å². The fraction of sp³-hybridized carbons (Fsp3) is 0.222. The number of nitrogens with zero attached hydrogens (tertiary/aromatic N) is 2. The zero-order valence-corrected chi connectivity index (χ0v) is 12.4. The quantitative estimate of drug-likeness (QED) is 0.782. The number of hydrogen-bond acceptors (Lipinski definition) is 3. The smallest absolute Gasteiger partial charge is 0.223 e. The van der Waals surface area contributed by atoms with Crippen molar-refractivity contribution < 1.29 is 0 Å². The summed E-state index contributed by atoms with van der Waals surface area (Å²) >= 11 is 0. The van der Waals surface area contributed by atoms with Gasteiger partial charge in [0.05, 0.1) is 5.52 Å². The third kappa shape index (κ3) is 3.02. The molecule has 3 aromatic rings. The molecular weight excluding hydrogens is 258 g/mol. The summed E-state index contributed by atoms with van der Waals surface area (Å²) in [5.74, 6) is 0.678. The number of hydrogen-bond donors (Lipinski definition) is 1. The second-order valence-electron chi connectivity index (χ2n) is 5.86. The Hall–Kier alpha value is -2.42. The number of nitrogens with one attached hydrogen (secondary N) is 1. The molecule has 21 heavy (non-hydrogen) atoms. The van der Waals surface area contributed by atoms with Gasteiger partial charge >= 0.3 is 0 Å². The zero-order chi connectivity index (χ0) is 14.7. The van der Waals surface area contributed by atoms with Crippen molar-refractivity contribution in [1.29, 1.82) is 0 Å². The first-order chi connectivity index (χ1) is 10.1. The van der Waals surface area contributed by atoms with Crippen LogP contribution in [0.2, 0.25) is 0 Å². The van der Waals surface area contributed by atoms with Crippen LogP contribution >= 0.6 is 0 Å². The molecule has 0 saturated heterocycles. The minimum atomic E-state index is 0.0241. The lowest BCUT2D eigenvalue weighted by molar-refractivity contribution is 0.555. The molecule has 0 aliphatic carbocycles. The van der Waals surface area contributed by atoms with Gasteiger partial charge in [-0.1, -0.05) is 62.4 Å². The molecule has 3 heteroatoms. The summed E-state index contributed by atoms with van der Waals surface area (Å²) in [5.41, 5.74) is 2.29. The van der Waals surface area contributed by atoms with Crippen LogP contribution in [0.15, 0.2) is 60.8 Å². The van der Waals surface area contributed by atoms with Crippen LogP contribution in [0.25, 0.3) is 10.9 Å². The van der Waals surface area contributed by atoms with Crippen molar-refractivity contribution in [2.45, 2.75) is 19.3 Å². The first kappa shape index (κ1) is 13.6. The highest BCUT2D eigenvalue weighted by Crippen LogP contribution is 2.23. The van der Waals surface area contributed by atoms with E-state index < -0.39 is 0 Å². The highest BCUT2D eigenvalue weighted by molar-refractivity contribution is 5.78. The van der Waals surface area contributed by atoms with Crippen molar-refractivity contribution in [3.8, 4) is 0 Å². The molecule has 0 aliphatic rings. The number of benzene rings is 2. The van der Waals surface area contributed by atoms with Gasteiger partial charge in [-0.15, -0.1) is 0 Å². The topological polar surface area (TPSA) is 37.8 Å². The van der Waals surface area contributed by atoms with E-state index >= 15 is 0 Å². The molecule has 0 atom stereocenters. The van der Waals surface area contributed by atoms with Crippen LogP contribution < -0.4 is 5.32 Å². The maximum Gasteiger partial charge on any atom is 0.223 e. The van der Waals surface area contributed by atoms with Crippen LogP contribution in [0, 0.1) is 0 Å². The van der Waals surface area contributed by atoms with Gasteiger partial charge in [0.2, 0.25) is 5.95 Å². The summed E-state index contributed by atoms with van der Waals surface area (Å²) < 4.78 is 0. The molecule has 1 heterocycles. The predicted octanol–water partition coefficient (Wildman–Crippen LogP) is 4.02. The molecular formula is C18H19N3. The van der Waals surface area contributed by atoms with Gasteiger partial charge < -0.3 is 5.32 Å². The Morgan fingerprint density at radius 1 is 0.952 bits per heavy atom. The monoisotopic (exact) mass is 277 g/mol. The fourth-order valence-electron chi connectivity index (χ4n) is 2.35. The zero-order valence-electron chi connectivity index (χ0n) is 12.4. The Kier molecular flexibility index (Phi) is 3.57. The number of fused-ring (bicyclic) bond motifs is 1. The van der Waals surface area contributed by atoms with Crippen LogP contribution in [-0.2, 0) is 5.41 Å².